The van der Waals surface area contributed by atoms with Crippen LogP contribution in [0.2, 0.25) is 5.02 Å². The summed E-state index contributed by atoms with van der Waals surface area (Å²) in [6.07, 6.45) is 0. The van der Waals surface area contributed by atoms with Gasteiger partial charge in [-0.25, -0.2) is 0 Å². The third kappa shape index (κ3) is 2.57. The Hall–Kier alpha value is -0.990. The van der Waals surface area contributed by atoms with Gasteiger partial charge in [-0.1, -0.05) is 17.7 Å². The van der Waals surface area contributed by atoms with Gasteiger partial charge in [0, 0.05) is 16.8 Å². The fourth-order valence-electron chi connectivity index (χ4n) is 1.59. The van der Waals surface area contributed by atoms with Crippen LogP contribution in [0.25, 0.3) is 0 Å². The van der Waals surface area contributed by atoms with Crippen LogP contribution in [-0.2, 0) is 0 Å². The van der Waals surface area contributed by atoms with Crippen molar-refractivity contribution in [3.63, 3.8) is 0 Å². The molecule has 1 nitrogen and oxygen atoms in total. The summed E-state index contributed by atoms with van der Waals surface area (Å²) in [5.74, 6) is 0. The van der Waals surface area contributed by atoms with E-state index in [1.807, 2.05) is 18.2 Å². The maximum absolute atomic E-state index is 5.99. The lowest BCUT2D eigenvalue weighted by Crippen LogP contribution is -2.06. The van der Waals surface area contributed by atoms with E-state index in [4.69, 9.17) is 11.6 Å². The van der Waals surface area contributed by atoms with Crippen LogP contribution in [-0.4, -0.2) is 0 Å². The monoisotopic (exact) mass is 251 g/mol. The molecule has 0 bridgehead atoms. The number of benzene rings is 1. The Labute approximate surface area is 105 Å². The van der Waals surface area contributed by atoms with Crippen LogP contribution in [0.4, 0.5) is 5.69 Å². The highest BCUT2D eigenvalue weighted by molar-refractivity contribution is 7.07. The summed E-state index contributed by atoms with van der Waals surface area (Å²) in [7, 11) is 0. The van der Waals surface area contributed by atoms with Gasteiger partial charge in [0.05, 0.1) is 0 Å². The molecule has 0 saturated heterocycles. The maximum Gasteiger partial charge on any atom is 0.0493 e. The molecule has 0 aliphatic rings. The molecule has 3 heteroatoms. The minimum atomic E-state index is 0.309. The second-order valence-corrected chi connectivity index (χ2v) is 5.10. The van der Waals surface area contributed by atoms with E-state index < -0.39 is 0 Å². The zero-order valence-corrected chi connectivity index (χ0v) is 10.9. The molecule has 1 N–H and O–H groups in total. The summed E-state index contributed by atoms with van der Waals surface area (Å²) in [5, 5.41) is 8.50. The van der Waals surface area contributed by atoms with Gasteiger partial charge >= 0.3 is 0 Å². The summed E-state index contributed by atoms with van der Waals surface area (Å²) in [5.41, 5.74) is 3.63. The van der Waals surface area contributed by atoms with Crippen molar-refractivity contribution in [1.29, 1.82) is 0 Å². The van der Waals surface area contributed by atoms with Crippen LogP contribution in [0, 0.1) is 6.92 Å². The molecular formula is C13H14ClNS. The highest BCUT2D eigenvalue weighted by Crippen LogP contribution is 2.25. The van der Waals surface area contributed by atoms with Gasteiger partial charge in [0.15, 0.2) is 0 Å². The Balaban J connectivity index is 2.17. The zero-order chi connectivity index (χ0) is 11.5. The third-order valence-electron chi connectivity index (χ3n) is 2.61. The molecule has 84 valence electrons. The summed E-state index contributed by atoms with van der Waals surface area (Å²) in [4.78, 5) is 0. The largest absolute Gasteiger partial charge is 0.378 e. The van der Waals surface area contributed by atoms with Gasteiger partial charge < -0.3 is 5.32 Å². The number of hydrogen-bond donors (Lipinski definition) is 1. The molecule has 0 aliphatic carbocycles. The second-order valence-electron chi connectivity index (χ2n) is 3.88. The molecule has 0 aliphatic heterocycles. The molecule has 0 saturated carbocycles. The molecule has 0 radical (unpaired) electrons. The second kappa shape index (κ2) is 4.89. The first-order chi connectivity index (χ1) is 7.66. The molecule has 0 spiro atoms. The molecule has 2 aromatic rings. The van der Waals surface area contributed by atoms with Crippen LogP contribution in [0.15, 0.2) is 35.0 Å². The lowest BCUT2D eigenvalue weighted by molar-refractivity contribution is 0.888. The fraction of sp³-hybridized carbons (Fsp3) is 0.231. The first-order valence-electron chi connectivity index (χ1n) is 5.21. The van der Waals surface area contributed by atoms with Crippen LogP contribution in [0.3, 0.4) is 0 Å². The van der Waals surface area contributed by atoms with Crippen molar-refractivity contribution in [2.24, 2.45) is 0 Å². The van der Waals surface area contributed by atoms with Crippen molar-refractivity contribution in [2.45, 2.75) is 19.9 Å². The van der Waals surface area contributed by atoms with Gasteiger partial charge in [-0.15, -0.1) is 0 Å². The van der Waals surface area contributed by atoms with Gasteiger partial charge in [0.2, 0.25) is 0 Å². The number of halogens is 1. The molecule has 16 heavy (non-hydrogen) atoms. The fourth-order valence-corrected chi connectivity index (χ4v) is 2.51. The van der Waals surface area contributed by atoms with Crippen molar-refractivity contribution in [3.8, 4) is 0 Å². The zero-order valence-electron chi connectivity index (χ0n) is 9.33. The smallest absolute Gasteiger partial charge is 0.0493 e. The molecule has 1 aromatic heterocycles. The maximum atomic E-state index is 5.99. The standard InChI is InChI=1S/C13H14ClNS/c1-9-3-4-12(14)7-13(9)15-10(2)11-5-6-16-8-11/h3-8,10,15H,1-2H3. The minimum Gasteiger partial charge on any atom is -0.378 e. The predicted octanol–water partition coefficient (Wildman–Crippen LogP) is 4.88. The Kier molecular flexibility index (Phi) is 3.52. The molecule has 1 aromatic carbocycles. The molecule has 1 heterocycles. The first-order valence-corrected chi connectivity index (χ1v) is 6.53. The van der Waals surface area contributed by atoms with Crippen LogP contribution < -0.4 is 5.32 Å². The molecule has 0 fully saturated rings. The van der Waals surface area contributed by atoms with Crippen molar-refractivity contribution in [2.75, 3.05) is 5.32 Å². The van der Waals surface area contributed by atoms with Crippen LogP contribution in [0.5, 0.6) is 0 Å². The summed E-state index contributed by atoms with van der Waals surface area (Å²) >= 11 is 7.71. The number of anilines is 1. The van der Waals surface area contributed by atoms with E-state index in [2.05, 4.69) is 36.0 Å². The van der Waals surface area contributed by atoms with Crippen LogP contribution >= 0.6 is 22.9 Å². The Morgan fingerprint density at radius 3 is 2.81 bits per heavy atom. The van der Waals surface area contributed by atoms with E-state index >= 15 is 0 Å². The normalized spacial score (nSPS) is 12.4. The van der Waals surface area contributed by atoms with E-state index in [1.165, 1.54) is 11.1 Å². The minimum absolute atomic E-state index is 0.309. The molecule has 2 rings (SSSR count). The average Bonchev–Trinajstić information content (AvgIpc) is 2.76. The quantitative estimate of drug-likeness (QED) is 0.820. The molecule has 1 atom stereocenters. The summed E-state index contributed by atoms with van der Waals surface area (Å²) < 4.78 is 0. The van der Waals surface area contributed by atoms with Crippen LogP contribution in [0.1, 0.15) is 24.1 Å². The number of hydrogen-bond acceptors (Lipinski definition) is 2. The van der Waals surface area contributed by atoms with Crippen molar-refractivity contribution in [1.82, 2.24) is 0 Å². The number of rotatable bonds is 3. The highest BCUT2D eigenvalue weighted by Gasteiger charge is 2.07. The van der Waals surface area contributed by atoms with E-state index in [0.717, 1.165) is 10.7 Å². The lowest BCUT2D eigenvalue weighted by atomic mass is 10.1. The van der Waals surface area contributed by atoms with E-state index in [0.29, 0.717) is 6.04 Å². The van der Waals surface area contributed by atoms with Gasteiger partial charge in [0.25, 0.3) is 0 Å². The topological polar surface area (TPSA) is 12.0 Å². The van der Waals surface area contributed by atoms with Crippen molar-refractivity contribution in [3.05, 3.63) is 51.2 Å². The van der Waals surface area contributed by atoms with Gasteiger partial charge in [-0.3, -0.25) is 0 Å². The number of thiophene rings is 1. The Morgan fingerprint density at radius 1 is 1.31 bits per heavy atom. The van der Waals surface area contributed by atoms with E-state index in [-0.39, 0.29) is 0 Å². The predicted molar refractivity (Wildman–Crippen MR) is 72.5 cm³/mol. The van der Waals surface area contributed by atoms with E-state index in [9.17, 15) is 0 Å². The Bertz CT molecular complexity index is 465. The van der Waals surface area contributed by atoms with E-state index in [1.54, 1.807) is 11.3 Å². The molecular weight excluding hydrogens is 238 g/mol. The number of nitrogens with one attached hydrogen (secondary N) is 1. The van der Waals surface area contributed by atoms with Gasteiger partial charge in [-0.2, -0.15) is 11.3 Å². The molecule has 0 amide bonds. The molecule has 1 unspecified atom stereocenters. The first kappa shape index (κ1) is 11.5. The lowest BCUT2D eigenvalue weighted by Gasteiger charge is -2.16. The number of aryl methyl sites for hydroxylation is 1. The average molecular weight is 252 g/mol. The Morgan fingerprint density at radius 2 is 2.12 bits per heavy atom. The summed E-state index contributed by atoms with van der Waals surface area (Å²) in [6, 6.07) is 8.37. The summed E-state index contributed by atoms with van der Waals surface area (Å²) in [6.45, 7) is 4.24. The van der Waals surface area contributed by atoms with Gasteiger partial charge in [0.1, 0.15) is 0 Å². The highest BCUT2D eigenvalue weighted by atomic mass is 35.5. The van der Waals surface area contributed by atoms with Gasteiger partial charge in [-0.05, 0) is 53.9 Å². The SMILES string of the molecule is Cc1ccc(Cl)cc1NC(C)c1ccsc1. The van der Waals surface area contributed by atoms with Crippen molar-refractivity contribution < 1.29 is 0 Å². The van der Waals surface area contributed by atoms with Crippen molar-refractivity contribution >= 4 is 28.6 Å². The third-order valence-corrected chi connectivity index (χ3v) is 3.55.